The zero-order valence-electron chi connectivity index (χ0n) is 21.6. The zero-order chi connectivity index (χ0) is 27.4. The van der Waals surface area contributed by atoms with E-state index in [1.54, 1.807) is 37.8 Å². The van der Waals surface area contributed by atoms with E-state index in [4.69, 9.17) is 18.9 Å². The lowest BCUT2D eigenvalue weighted by atomic mass is 10.1. The number of ether oxygens (including phenoxy) is 4. The predicted octanol–water partition coefficient (Wildman–Crippen LogP) is 1.76. The minimum absolute atomic E-state index is 0.0877. The van der Waals surface area contributed by atoms with Crippen LogP contribution in [0.25, 0.3) is 0 Å². The van der Waals surface area contributed by atoms with Gasteiger partial charge in [-0.05, 0) is 45.7 Å². The molecule has 0 bridgehead atoms. The number of anilines is 1. The van der Waals surface area contributed by atoms with Crippen molar-refractivity contribution in [2.45, 2.75) is 50.2 Å². The lowest BCUT2D eigenvalue weighted by Gasteiger charge is -2.34. The van der Waals surface area contributed by atoms with Crippen molar-refractivity contribution in [3.05, 3.63) is 35.5 Å². The van der Waals surface area contributed by atoms with Crippen LogP contribution in [0, 0.1) is 0 Å². The summed E-state index contributed by atoms with van der Waals surface area (Å²) < 4.78 is 50.2. The molecule has 12 nitrogen and oxygen atoms in total. The molecule has 37 heavy (non-hydrogen) atoms. The summed E-state index contributed by atoms with van der Waals surface area (Å²) in [5, 5.41) is 0. The van der Waals surface area contributed by atoms with Gasteiger partial charge in [-0.15, -0.1) is 0 Å². The highest BCUT2D eigenvalue weighted by molar-refractivity contribution is 7.89. The average molecular weight is 540 g/mol. The SMILES string of the molecule is COC(=O)C1=C(C(=O)OC)N(c2ccccc2S(=O)(=O)NC2CCN(C(=O)OC(C)(C)C)CC2)COC1. The van der Waals surface area contributed by atoms with Gasteiger partial charge >= 0.3 is 18.0 Å². The Morgan fingerprint density at radius 3 is 2.24 bits per heavy atom. The first-order chi connectivity index (χ1) is 17.4. The van der Waals surface area contributed by atoms with Gasteiger partial charge in [-0.25, -0.2) is 27.5 Å². The predicted molar refractivity (Wildman–Crippen MR) is 132 cm³/mol. The Hall–Kier alpha value is -3.16. The first-order valence-corrected chi connectivity index (χ1v) is 13.2. The minimum Gasteiger partial charge on any atom is -0.466 e. The van der Waals surface area contributed by atoms with Gasteiger partial charge in [0, 0.05) is 19.1 Å². The number of carbonyl (C=O) groups excluding carboxylic acids is 3. The summed E-state index contributed by atoms with van der Waals surface area (Å²) in [5.74, 6) is -1.63. The third-order valence-corrected chi connectivity index (χ3v) is 7.32. The summed E-state index contributed by atoms with van der Waals surface area (Å²) in [6.07, 6.45) is 0.355. The maximum absolute atomic E-state index is 13.5. The van der Waals surface area contributed by atoms with Crippen LogP contribution in [0.2, 0.25) is 0 Å². The van der Waals surface area contributed by atoms with E-state index in [9.17, 15) is 22.8 Å². The molecule has 2 aliphatic rings. The van der Waals surface area contributed by atoms with Crippen molar-refractivity contribution in [3.8, 4) is 0 Å². The summed E-state index contributed by atoms with van der Waals surface area (Å²) in [5.41, 5.74) is -0.741. The molecule has 13 heteroatoms. The van der Waals surface area contributed by atoms with Gasteiger partial charge in [0.25, 0.3) is 0 Å². The van der Waals surface area contributed by atoms with Crippen LogP contribution < -0.4 is 9.62 Å². The largest absolute Gasteiger partial charge is 0.466 e. The number of para-hydroxylation sites is 1. The van der Waals surface area contributed by atoms with Crippen LogP contribution in [-0.4, -0.2) is 83.6 Å². The summed E-state index contributed by atoms with van der Waals surface area (Å²) in [7, 11) is -1.75. The molecular weight excluding hydrogens is 506 g/mol. The van der Waals surface area contributed by atoms with E-state index in [-0.39, 0.29) is 35.2 Å². The van der Waals surface area contributed by atoms with Crippen molar-refractivity contribution in [3.63, 3.8) is 0 Å². The molecule has 3 rings (SSSR count). The molecular formula is C24H33N3O9S. The van der Waals surface area contributed by atoms with E-state index in [0.29, 0.717) is 25.9 Å². The van der Waals surface area contributed by atoms with E-state index in [2.05, 4.69) is 4.72 Å². The molecule has 1 aromatic rings. The topological polar surface area (TPSA) is 141 Å². The van der Waals surface area contributed by atoms with Crippen molar-refractivity contribution in [2.24, 2.45) is 0 Å². The highest BCUT2D eigenvalue weighted by atomic mass is 32.2. The van der Waals surface area contributed by atoms with Gasteiger partial charge in [0.15, 0.2) is 0 Å². The number of methoxy groups -OCH3 is 2. The van der Waals surface area contributed by atoms with Gasteiger partial charge in [-0.1, -0.05) is 12.1 Å². The molecule has 1 saturated heterocycles. The lowest BCUT2D eigenvalue weighted by Crippen LogP contribution is -2.48. The second-order valence-corrected chi connectivity index (χ2v) is 11.2. The number of esters is 2. The molecule has 0 saturated carbocycles. The maximum atomic E-state index is 13.5. The Labute approximate surface area is 216 Å². The van der Waals surface area contributed by atoms with Crippen molar-refractivity contribution >= 4 is 33.7 Å². The number of nitrogens with one attached hydrogen (secondary N) is 1. The van der Waals surface area contributed by atoms with Gasteiger partial charge < -0.3 is 28.7 Å². The molecule has 0 atom stereocenters. The van der Waals surface area contributed by atoms with Gasteiger partial charge in [0.05, 0.1) is 32.1 Å². The number of nitrogens with zero attached hydrogens (tertiary/aromatic N) is 2. The molecule has 1 amide bonds. The summed E-state index contributed by atoms with van der Waals surface area (Å²) in [6, 6.07) is 5.64. The summed E-state index contributed by atoms with van der Waals surface area (Å²) >= 11 is 0. The molecule has 0 radical (unpaired) electrons. The van der Waals surface area contributed by atoms with Crippen molar-refractivity contribution < 1.29 is 41.7 Å². The molecule has 0 unspecified atom stereocenters. The van der Waals surface area contributed by atoms with E-state index in [0.717, 1.165) is 7.11 Å². The Bertz CT molecular complexity index is 1170. The van der Waals surface area contributed by atoms with Crippen LogP contribution in [0.3, 0.4) is 0 Å². The smallest absolute Gasteiger partial charge is 0.410 e. The molecule has 1 aromatic carbocycles. The number of likely N-dealkylation sites (tertiary alicyclic amines) is 1. The number of sulfonamides is 1. The van der Waals surface area contributed by atoms with Crippen LogP contribution in [0.5, 0.6) is 0 Å². The number of carbonyl (C=O) groups is 3. The fourth-order valence-electron chi connectivity index (χ4n) is 4.03. The summed E-state index contributed by atoms with van der Waals surface area (Å²) in [4.78, 5) is 40.0. The highest BCUT2D eigenvalue weighted by Gasteiger charge is 2.36. The summed E-state index contributed by atoms with van der Waals surface area (Å²) in [6.45, 7) is 5.63. The Kier molecular flexibility index (Phi) is 8.82. The third kappa shape index (κ3) is 6.79. The van der Waals surface area contributed by atoms with Gasteiger partial charge in [-0.3, -0.25) is 0 Å². The number of hydrogen-bond acceptors (Lipinski definition) is 10. The van der Waals surface area contributed by atoms with Crippen molar-refractivity contribution in [1.29, 1.82) is 0 Å². The number of piperidine rings is 1. The van der Waals surface area contributed by atoms with Crippen LogP contribution in [0.1, 0.15) is 33.6 Å². The van der Waals surface area contributed by atoms with E-state index >= 15 is 0 Å². The monoisotopic (exact) mass is 539 g/mol. The standard InChI is InChI=1S/C24H33N3O9S/c1-24(2,3)36-23(30)26-12-10-16(11-13-26)25-37(31,32)19-9-7-6-8-18(19)27-15-35-14-17(21(28)33-4)20(27)22(29)34-5/h6-9,16,25H,10-15H2,1-5H3. The van der Waals surface area contributed by atoms with Crippen LogP contribution in [0.4, 0.5) is 10.5 Å². The average Bonchev–Trinajstić information content (AvgIpc) is 2.86. The van der Waals surface area contributed by atoms with E-state index in [1.165, 1.54) is 24.1 Å². The third-order valence-electron chi connectivity index (χ3n) is 5.75. The minimum atomic E-state index is -4.08. The van der Waals surface area contributed by atoms with Gasteiger partial charge in [-0.2, -0.15) is 0 Å². The number of hydrogen-bond donors (Lipinski definition) is 1. The first-order valence-electron chi connectivity index (χ1n) is 11.7. The van der Waals surface area contributed by atoms with Crippen LogP contribution in [0.15, 0.2) is 40.4 Å². The molecule has 0 aliphatic carbocycles. The Morgan fingerprint density at radius 1 is 1.03 bits per heavy atom. The van der Waals surface area contributed by atoms with E-state index in [1.807, 2.05) is 0 Å². The van der Waals surface area contributed by atoms with Crippen LogP contribution in [-0.2, 0) is 38.6 Å². The highest BCUT2D eigenvalue weighted by Crippen LogP contribution is 2.32. The normalized spacial score (nSPS) is 17.4. The van der Waals surface area contributed by atoms with E-state index < -0.39 is 39.7 Å². The van der Waals surface area contributed by atoms with Gasteiger partial charge in [0.2, 0.25) is 10.0 Å². The second kappa shape index (κ2) is 11.5. The quantitative estimate of drug-likeness (QED) is 0.420. The molecule has 1 fully saturated rings. The Balaban J connectivity index is 1.84. The number of benzene rings is 1. The van der Waals surface area contributed by atoms with Gasteiger partial charge in [0.1, 0.15) is 22.9 Å². The lowest BCUT2D eigenvalue weighted by molar-refractivity contribution is -0.140. The van der Waals surface area contributed by atoms with Crippen molar-refractivity contribution in [2.75, 3.05) is 45.5 Å². The molecule has 2 heterocycles. The molecule has 0 aromatic heterocycles. The number of rotatable bonds is 6. The second-order valence-electron chi connectivity index (χ2n) is 9.55. The zero-order valence-corrected chi connectivity index (χ0v) is 22.4. The van der Waals surface area contributed by atoms with Crippen molar-refractivity contribution in [1.82, 2.24) is 9.62 Å². The van der Waals surface area contributed by atoms with Crippen LogP contribution >= 0.6 is 0 Å². The number of amides is 1. The Morgan fingerprint density at radius 2 is 1.65 bits per heavy atom. The molecule has 2 aliphatic heterocycles. The molecule has 0 spiro atoms. The first kappa shape index (κ1) is 28.4. The fraction of sp³-hybridized carbons (Fsp3) is 0.542. The fourth-order valence-corrected chi connectivity index (χ4v) is 5.54. The maximum Gasteiger partial charge on any atom is 0.410 e. The molecule has 204 valence electrons. The molecule has 1 N–H and O–H groups in total.